The van der Waals surface area contributed by atoms with Crippen molar-refractivity contribution in [1.29, 1.82) is 5.26 Å². The van der Waals surface area contributed by atoms with Crippen LogP contribution in [0.3, 0.4) is 0 Å². The summed E-state index contributed by atoms with van der Waals surface area (Å²) in [6.07, 6.45) is 4.42. The standard InChI is InChI=1S/C19H17F3N8O/c1-11(6-23)27-18(31)10-30-9-13(7-26-30)28-19-24-3-2-17(29-19)25-8-14-15(21)4-12(20)5-16(14)22/h2-5,7,9,11H,8,10H2,1H3,(H,27,31)(H2,24,25,28,29). The number of carbonyl (C=O) groups excluding carboxylic acids is 1. The van der Waals surface area contributed by atoms with Crippen LogP contribution in [0.25, 0.3) is 0 Å². The summed E-state index contributed by atoms with van der Waals surface area (Å²) in [5.74, 6) is -2.92. The van der Waals surface area contributed by atoms with E-state index in [-0.39, 0.29) is 36.3 Å². The number of halogens is 3. The minimum absolute atomic E-state index is 0.0784. The normalized spacial score (nSPS) is 11.5. The molecule has 0 radical (unpaired) electrons. The molecular weight excluding hydrogens is 413 g/mol. The predicted molar refractivity (Wildman–Crippen MR) is 104 cm³/mol. The number of nitrogens with zero attached hydrogens (tertiary/aromatic N) is 5. The Morgan fingerprint density at radius 1 is 1.29 bits per heavy atom. The smallest absolute Gasteiger partial charge is 0.242 e. The molecule has 3 aromatic rings. The molecule has 1 amide bonds. The van der Waals surface area contributed by atoms with Crippen molar-refractivity contribution in [1.82, 2.24) is 25.1 Å². The molecule has 12 heteroatoms. The summed E-state index contributed by atoms with van der Waals surface area (Å²) in [6.45, 7) is 1.23. The maximum Gasteiger partial charge on any atom is 0.242 e. The van der Waals surface area contributed by atoms with Gasteiger partial charge >= 0.3 is 0 Å². The van der Waals surface area contributed by atoms with E-state index in [2.05, 4.69) is 31.0 Å². The van der Waals surface area contributed by atoms with Gasteiger partial charge in [0.25, 0.3) is 0 Å². The van der Waals surface area contributed by atoms with Gasteiger partial charge in [-0.15, -0.1) is 0 Å². The molecule has 3 rings (SSSR count). The summed E-state index contributed by atoms with van der Waals surface area (Å²) < 4.78 is 41.9. The van der Waals surface area contributed by atoms with Crippen LogP contribution < -0.4 is 16.0 Å². The molecule has 1 aromatic carbocycles. The Balaban J connectivity index is 1.61. The highest BCUT2D eigenvalue weighted by molar-refractivity contribution is 5.76. The van der Waals surface area contributed by atoms with Crippen molar-refractivity contribution in [3.63, 3.8) is 0 Å². The van der Waals surface area contributed by atoms with E-state index in [4.69, 9.17) is 5.26 Å². The maximum atomic E-state index is 13.7. The molecule has 1 unspecified atom stereocenters. The fourth-order valence-electron chi connectivity index (χ4n) is 2.55. The van der Waals surface area contributed by atoms with Crippen LogP contribution in [-0.2, 0) is 17.9 Å². The summed E-state index contributed by atoms with van der Waals surface area (Å²) >= 11 is 0. The second kappa shape index (κ2) is 9.57. The Hall–Kier alpha value is -4.14. The second-order valence-electron chi connectivity index (χ2n) is 6.44. The zero-order valence-corrected chi connectivity index (χ0v) is 16.2. The zero-order valence-electron chi connectivity index (χ0n) is 16.2. The summed E-state index contributed by atoms with van der Waals surface area (Å²) in [5.41, 5.74) is 0.175. The Morgan fingerprint density at radius 2 is 2.03 bits per heavy atom. The maximum absolute atomic E-state index is 13.7. The van der Waals surface area contributed by atoms with E-state index < -0.39 is 23.5 Å². The number of nitriles is 1. The molecule has 0 bridgehead atoms. The monoisotopic (exact) mass is 430 g/mol. The summed E-state index contributed by atoms with van der Waals surface area (Å²) in [6, 6.07) is 3.99. The molecule has 160 valence electrons. The van der Waals surface area contributed by atoms with Crippen LogP contribution in [0.4, 0.5) is 30.6 Å². The molecule has 0 saturated heterocycles. The highest BCUT2D eigenvalue weighted by Crippen LogP contribution is 2.17. The highest BCUT2D eigenvalue weighted by atomic mass is 19.1. The van der Waals surface area contributed by atoms with E-state index in [1.54, 1.807) is 13.1 Å². The second-order valence-corrected chi connectivity index (χ2v) is 6.44. The van der Waals surface area contributed by atoms with Gasteiger partial charge in [0.05, 0.1) is 18.0 Å². The largest absolute Gasteiger partial charge is 0.366 e. The first-order valence-corrected chi connectivity index (χ1v) is 9.03. The van der Waals surface area contributed by atoms with Crippen molar-refractivity contribution in [2.45, 2.75) is 26.1 Å². The van der Waals surface area contributed by atoms with Gasteiger partial charge in [-0.3, -0.25) is 9.48 Å². The minimum atomic E-state index is -1.00. The lowest BCUT2D eigenvalue weighted by Gasteiger charge is -2.09. The number of amides is 1. The molecule has 3 N–H and O–H groups in total. The number of carbonyl (C=O) groups is 1. The van der Waals surface area contributed by atoms with Crippen molar-refractivity contribution in [2.75, 3.05) is 10.6 Å². The molecule has 2 aromatic heterocycles. The fraction of sp³-hybridized carbons (Fsp3) is 0.211. The van der Waals surface area contributed by atoms with E-state index in [1.807, 2.05) is 6.07 Å². The molecule has 9 nitrogen and oxygen atoms in total. The number of aromatic nitrogens is 4. The quantitative estimate of drug-likeness (QED) is 0.502. The molecule has 0 saturated carbocycles. The van der Waals surface area contributed by atoms with Gasteiger partial charge in [-0.25, -0.2) is 18.2 Å². The minimum Gasteiger partial charge on any atom is -0.366 e. The lowest BCUT2D eigenvalue weighted by atomic mass is 10.2. The van der Waals surface area contributed by atoms with Crippen LogP contribution in [0.1, 0.15) is 12.5 Å². The van der Waals surface area contributed by atoms with Crippen molar-refractivity contribution in [2.24, 2.45) is 0 Å². The van der Waals surface area contributed by atoms with Crippen LogP contribution in [0.5, 0.6) is 0 Å². The third-order valence-electron chi connectivity index (χ3n) is 3.97. The van der Waals surface area contributed by atoms with Crippen molar-refractivity contribution < 1.29 is 18.0 Å². The molecule has 2 heterocycles. The number of hydrogen-bond donors (Lipinski definition) is 3. The average molecular weight is 430 g/mol. The van der Waals surface area contributed by atoms with Gasteiger partial charge in [0.2, 0.25) is 11.9 Å². The Labute approximate surface area is 174 Å². The van der Waals surface area contributed by atoms with E-state index in [1.165, 1.54) is 23.1 Å². The third-order valence-corrected chi connectivity index (χ3v) is 3.97. The predicted octanol–water partition coefficient (Wildman–Crippen LogP) is 2.47. The molecular formula is C19H17F3N8O. The van der Waals surface area contributed by atoms with Gasteiger partial charge in [0, 0.05) is 36.6 Å². The molecule has 0 aliphatic rings. The van der Waals surface area contributed by atoms with Crippen molar-refractivity contribution in [3.8, 4) is 6.07 Å². The third kappa shape index (κ3) is 5.92. The first kappa shape index (κ1) is 21.6. The van der Waals surface area contributed by atoms with Crippen LogP contribution in [0.15, 0.2) is 36.8 Å². The number of rotatable bonds is 8. The van der Waals surface area contributed by atoms with Gasteiger partial charge in [-0.1, -0.05) is 0 Å². The number of benzene rings is 1. The van der Waals surface area contributed by atoms with Crippen LogP contribution in [0.2, 0.25) is 0 Å². The van der Waals surface area contributed by atoms with Gasteiger partial charge in [0.1, 0.15) is 35.9 Å². The van der Waals surface area contributed by atoms with Gasteiger partial charge in [-0.2, -0.15) is 15.3 Å². The molecule has 31 heavy (non-hydrogen) atoms. The molecule has 0 spiro atoms. The number of nitrogens with one attached hydrogen (secondary N) is 3. The van der Waals surface area contributed by atoms with Gasteiger partial charge < -0.3 is 16.0 Å². The van der Waals surface area contributed by atoms with E-state index in [0.29, 0.717) is 17.8 Å². The van der Waals surface area contributed by atoms with Crippen LogP contribution >= 0.6 is 0 Å². The summed E-state index contributed by atoms with van der Waals surface area (Å²) in [4.78, 5) is 20.0. The number of hydrogen-bond acceptors (Lipinski definition) is 7. The topological polar surface area (TPSA) is 121 Å². The molecule has 1 atom stereocenters. The SMILES string of the molecule is CC(C#N)NC(=O)Cn1cc(Nc2nccc(NCc3c(F)cc(F)cc3F)n2)cn1. The lowest BCUT2D eigenvalue weighted by Crippen LogP contribution is -2.34. The first-order valence-electron chi connectivity index (χ1n) is 9.03. The fourth-order valence-corrected chi connectivity index (χ4v) is 2.55. The van der Waals surface area contributed by atoms with Crippen molar-refractivity contribution >= 4 is 23.4 Å². The molecule has 0 aliphatic heterocycles. The van der Waals surface area contributed by atoms with E-state index in [0.717, 1.165) is 0 Å². The van der Waals surface area contributed by atoms with Crippen molar-refractivity contribution in [3.05, 3.63) is 59.8 Å². The van der Waals surface area contributed by atoms with Gasteiger partial charge in [-0.05, 0) is 13.0 Å². The summed E-state index contributed by atoms with van der Waals surface area (Å²) in [7, 11) is 0. The van der Waals surface area contributed by atoms with E-state index in [9.17, 15) is 18.0 Å². The summed E-state index contributed by atoms with van der Waals surface area (Å²) in [5, 5.41) is 20.9. The van der Waals surface area contributed by atoms with Crippen LogP contribution in [0, 0.1) is 28.8 Å². The highest BCUT2D eigenvalue weighted by Gasteiger charge is 2.12. The average Bonchev–Trinajstić information content (AvgIpc) is 3.13. The Kier molecular flexibility index (Phi) is 6.66. The molecule has 0 fully saturated rings. The number of anilines is 3. The van der Waals surface area contributed by atoms with E-state index >= 15 is 0 Å². The van der Waals surface area contributed by atoms with Gasteiger partial charge in [0.15, 0.2) is 0 Å². The molecule has 0 aliphatic carbocycles. The first-order chi connectivity index (χ1) is 14.8. The lowest BCUT2D eigenvalue weighted by molar-refractivity contribution is -0.122. The Bertz CT molecular complexity index is 1100. The van der Waals surface area contributed by atoms with Crippen LogP contribution in [-0.4, -0.2) is 31.7 Å². The Morgan fingerprint density at radius 3 is 2.74 bits per heavy atom. The zero-order chi connectivity index (χ0) is 22.4.